The third-order valence-corrected chi connectivity index (χ3v) is 6.76. The van der Waals surface area contributed by atoms with E-state index in [9.17, 15) is 4.79 Å². The molecule has 7 nitrogen and oxygen atoms in total. The lowest BCUT2D eigenvalue weighted by Crippen LogP contribution is -2.22. The van der Waals surface area contributed by atoms with Crippen molar-refractivity contribution < 1.29 is 9.53 Å². The Hall–Kier alpha value is -3.61. The lowest BCUT2D eigenvalue weighted by atomic mass is 9.98. The Morgan fingerprint density at radius 2 is 1.65 bits per heavy atom. The van der Waals surface area contributed by atoms with Crippen molar-refractivity contribution in [3.63, 3.8) is 0 Å². The van der Waals surface area contributed by atoms with Crippen LogP contribution in [0, 0.1) is 0 Å². The van der Waals surface area contributed by atoms with E-state index in [1.807, 2.05) is 41.0 Å². The number of fused-ring (bicyclic) bond motifs is 2. The molecule has 1 aliphatic carbocycles. The number of ether oxygens (including phenoxy) is 1. The van der Waals surface area contributed by atoms with Crippen LogP contribution in [-0.2, 0) is 4.74 Å². The van der Waals surface area contributed by atoms with Gasteiger partial charge in [0.25, 0.3) is 0 Å². The Labute approximate surface area is 199 Å². The molecule has 7 heteroatoms. The first kappa shape index (κ1) is 22.2. The number of para-hydroxylation sites is 2. The van der Waals surface area contributed by atoms with E-state index in [0.29, 0.717) is 22.5 Å². The zero-order valence-electron chi connectivity index (χ0n) is 19.8. The fourth-order valence-electron chi connectivity index (χ4n) is 4.92. The van der Waals surface area contributed by atoms with Crippen LogP contribution in [0.4, 0.5) is 11.5 Å². The molecule has 0 radical (unpaired) electrons. The Morgan fingerprint density at radius 1 is 1.00 bits per heavy atom. The molecule has 2 heterocycles. The summed E-state index contributed by atoms with van der Waals surface area (Å²) in [5.74, 6) is -0.112. The van der Waals surface area contributed by atoms with Gasteiger partial charge in [-0.3, -0.25) is 4.57 Å². The molecule has 0 spiro atoms. The molecular formula is C27H31N5O2. The van der Waals surface area contributed by atoms with E-state index < -0.39 is 5.97 Å². The molecule has 2 aromatic heterocycles. The predicted octanol–water partition coefficient (Wildman–Crippen LogP) is 5.49. The van der Waals surface area contributed by atoms with E-state index in [4.69, 9.17) is 20.4 Å². The second-order valence-corrected chi connectivity index (χ2v) is 8.83. The summed E-state index contributed by atoms with van der Waals surface area (Å²) in [7, 11) is 0. The number of hydrogen-bond acceptors (Lipinski definition) is 6. The first-order valence-corrected chi connectivity index (χ1v) is 12.2. The van der Waals surface area contributed by atoms with E-state index in [2.05, 4.69) is 30.9 Å². The van der Waals surface area contributed by atoms with Gasteiger partial charge in [-0.1, -0.05) is 18.6 Å². The largest absolute Gasteiger partial charge is 0.459 e. The molecule has 176 valence electrons. The van der Waals surface area contributed by atoms with Gasteiger partial charge in [-0.15, -0.1) is 0 Å². The van der Waals surface area contributed by atoms with Gasteiger partial charge in [0.2, 0.25) is 0 Å². The van der Waals surface area contributed by atoms with Crippen LogP contribution in [0.25, 0.3) is 27.9 Å². The molecule has 0 aliphatic heterocycles. The molecule has 5 rings (SSSR count). The zero-order valence-corrected chi connectivity index (χ0v) is 19.8. The summed E-state index contributed by atoms with van der Waals surface area (Å²) in [5.41, 5.74) is 11.4. The number of esters is 1. The number of benzene rings is 2. The maximum atomic E-state index is 13.4. The topological polar surface area (TPSA) is 86.3 Å². The number of anilines is 2. The van der Waals surface area contributed by atoms with E-state index in [0.717, 1.165) is 61.2 Å². The monoisotopic (exact) mass is 457 g/mol. The van der Waals surface area contributed by atoms with E-state index in [1.165, 1.54) is 6.42 Å². The summed E-state index contributed by atoms with van der Waals surface area (Å²) < 4.78 is 7.72. The zero-order chi connectivity index (χ0) is 23.7. The van der Waals surface area contributed by atoms with Crippen molar-refractivity contribution in [2.45, 2.75) is 52.1 Å². The maximum Gasteiger partial charge on any atom is 0.344 e. The van der Waals surface area contributed by atoms with Gasteiger partial charge in [0.1, 0.15) is 23.0 Å². The summed E-state index contributed by atoms with van der Waals surface area (Å²) in [6.07, 6.45) is 5.08. The van der Waals surface area contributed by atoms with Crippen LogP contribution in [0.2, 0.25) is 0 Å². The number of carbonyl (C=O) groups is 1. The summed E-state index contributed by atoms with van der Waals surface area (Å²) in [5, 5.41) is 0. The van der Waals surface area contributed by atoms with Gasteiger partial charge >= 0.3 is 5.97 Å². The smallest absolute Gasteiger partial charge is 0.344 e. The van der Waals surface area contributed by atoms with E-state index >= 15 is 0 Å². The van der Waals surface area contributed by atoms with Gasteiger partial charge in [-0.25, -0.2) is 14.8 Å². The van der Waals surface area contributed by atoms with Gasteiger partial charge in [0.05, 0.1) is 11.0 Å². The minimum Gasteiger partial charge on any atom is -0.459 e. The fourth-order valence-corrected chi connectivity index (χ4v) is 4.92. The Bertz CT molecular complexity index is 1320. The maximum absolute atomic E-state index is 13.4. The number of hydrogen-bond donors (Lipinski definition) is 1. The highest BCUT2D eigenvalue weighted by atomic mass is 16.5. The van der Waals surface area contributed by atoms with Gasteiger partial charge in [0, 0.05) is 24.5 Å². The molecule has 2 N–H and O–H groups in total. The van der Waals surface area contributed by atoms with Crippen LogP contribution in [0.1, 0.15) is 56.3 Å². The molecule has 0 atom stereocenters. The van der Waals surface area contributed by atoms with Gasteiger partial charge in [-0.05, 0) is 75.9 Å². The first-order valence-electron chi connectivity index (χ1n) is 12.2. The second kappa shape index (κ2) is 9.33. The van der Waals surface area contributed by atoms with E-state index in [1.54, 1.807) is 0 Å². The Morgan fingerprint density at radius 3 is 2.29 bits per heavy atom. The highest BCUT2D eigenvalue weighted by Gasteiger charge is 2.28. The van der Waals surface area contributed by atoms with Crippen molar-refractivity contribution in [3.05, 3.63) is 54.1 Å². The van der Waals surface area contributed by atoms with Crippen molar-refractivity contribution in [1.82, 2.24) is 14.5 Å². The number of nitrogen functional groups attached to an aromatic ring is 1. The lowest BCUT2D eigenvalue weighted by Gasteiger charge is -2.22. The lowest BCUT2D eigenvalue weighted by molar-refractivity contribution is 0.0214. The minimum absolute atomic E-state index is 0.0687. The average molecular weight is 458 g/mol. The Kier molecular flexibility index (Phi) is 6.09. The van der Waals surface area contributed by atoms with Crippen LogP contribution < -0.4 is 10.6 Å². The van der Waals surface area contributed by atoms with Gasteiger partial charge in [-0.2, -0.15) is 0 Å². The van der Waals surface area contributed by atoms with Crippen molar-refractivity contribution >= 4 is 39.7 Å². The van der Waals surface area contributed by atoms with Crippen molar-refractivity contribution in [3.8, 4) is 5.69 Å². The SMILES string of the molecule is CCN(CC)c1ccc(-n2c(N)c(C(=O)OC3CCCCC3)c3nc4ccccc4nc32)cc1. The highest BCUT2D eigenvalue weighted by molar-refractivity contribution is 6.09. The van der Waals surface area contributed by atoms with Crippen LogP contribution in [-0.4, -0.2) is 39.7 Å². The van der Waals surface area contributed by atoms with Crippen LogP contribution in [0.3, 0.4) is 0 Å². The summed E-state index contributed by atoms with van der Waals surface area (Å²) in [6, 6.07) is 15.8. The van der Waals surface area contributed by atoms with Crippen LogP contribution in [0.15, 0.2) is 48.5 Å². The van der Waals surface area contributed by atoms with Crippen molar-refractivity contribution in [2.24, 2.45) is 0 Å². The highest BCUT2D eigenvalue weighted by Crippen LogP contribution is 2.33. The summed E-state index contributed by atoms with van der Waals surface area (Å²) in [4.78, 5) is 25.3. The fraction of sp³-hybridized carbons (Fsp3) is 0.370. The molecular weight excluding hydrogens is 426 g/mol. The minimum atomic E-state index is -0.419. The summed E-state index contributed by atoms with van der Waals surface area (Å²) in [6.45, 7) is 6.14. The third kappa shape index (κ3) is 3.95. The molecule has 4 aromatic rings. The second-order valence-electron chi connectivity index (χ2n) is 8.83. The molecule has 2 aromatic carbocycles. The first-order chi connectivity index (χ1) is 16.6. The number of rotatable bonds is 6. The molecule has 1 aliphatic rings. The molecule has 0 unspecified atom stereocenters. The normalized spacial score (nSPS) is 14.5. The number of nitrogens with two attached hydrogens (primary N) is 1. The van der Waals surface area contributed by atoms with Crippen LogP contribution in [0.5, 0.6) is 0 Å². The van der Waals surface area contributed by atoms with Crippen molar-refractivity contribution in [1.29, 1.82) is 0 Å². The third-order valence-electron chi connectivity index (χ3n) is 6.76. The van der Waals surface area contributed by atoms with Crippen molar-refractivity contribution in [2.75, 3.05) is 23.7 Å². The number of nitrogens with zero attached hydrogens (tertiary/aromatic N) is 4. The molecule has 1 saturated carbocycles. The standard InChI is InChI=1S/C27H31N5O2/c1-3-31(4-2)18-14-16-19(17-15-18)32-25(28)23(27(33)34-20-10-6-5-7-11-20)24-26(32)30-22-13-9-8-12-21(22)29-24/h8-9,12-17,20H,3-7,10-11,28H2,1-2H3. The molecule has 1 fully saturated rings. The Balaban J connectivity index is 1.64. The molecule has 0 saturated heterocycles. The quantitative estimate of drug-likeness (QED) is 0.385. The van der Waals surface area contributed by atoms with Crippen LogP contribution >= 0.6 is 0 Å². The van der Waals surface area contributed by atoms with Gasteiger partial charge < -0.3 is 15.4 Å². The number of aromatic nitrogens is 3. The summed E-state index contributed by atoms with van der Waals surface area (Å²) >= 11 is 0. The van der Waals surface area contributed by atoms with Gasteiger partial charge in [0.15, 0.2) is 5.65 Å². The molecule has 34 heavy (non-hydrogen) atoms. The van der Waals surface area contributed by atoms with E-state index in [-0.39, 0.29) is 6.10 Å². The predicted molar refractivity (Wildman–Crippen MR) is 137 cm³/mol. The molecule has 0 bridgehead atoms. The number of carbonyl (C=O) groups excluding carboxylic acids is 1. The molecule has 0 amide bonds. The average Bonchev–Trinajstić information content (AvgIpc) is 3.15.